The van der Waals surface area contributed by atoms with Crippen molar-refractivity contribution in [1.82, 2.24) is 10.2 Å². The molecule has 148 valence electrons. The Labute approximate surface area is 164 Å². The summed E-state index contributed by atoms with van der Waals surface area (Å²) in [6, 6.07) is 12.9. The van der Waals surface area contributed by atoms with Gasteiger partial charge in [0.2, 0.25) is 0 Å². The van der Waals surface area contributed by atoms with Crippen LogP contribution in [0.3, 0.4) is 0 Å². The molecule has 2 aromatic rings. The summed E-state index contributed by atoms with van der Waals surface area (Å²) in [5, 5.41) is 2.81. The molecule has 1 unspecified atom stereocenters. The second-order valence-corrected chi connectivity index (χ2v) is 7.97. The summed E-state index contributed by atoms with van der Waals surface area (Å²) >= 11 is 0. The van der Waals surface area contributed by atoms with E-state index >= 15 is 0 Å². The second kappa shape index (κ2) is 7.72. The molecule has 3 rings (SSSR count). The number of ether oxygens (including phenoxy) is 1. The zero-order chi connectivity index (χ0) is 20.5. The number of hydrogen-bond acceptors (Lipinski definition) is 4. The molecule has 0 fully saturated rings. The fourth-order valence-electron chi connectivity index (χ4n) is 3.40. The summed E-state index contributed by atoms with van der Waals surface area (Å²) in [7, 11) is 0. The van der Waals surface area contributed by atoms with Gasteiger partial charge in [0.05, 0.1) is 6.17 Å². The Morgan fingerprint density at radius 2 is 1.89 bits per heavy atom. The number of nitrogens with zero attached hydrogens (tertiary/aromatic N) is 1. The molecule has 0 aromatic heterocycles. The predicted octanol–water partition coefficient (Wildman–Crippen LogP) is 4.44. The molecule has 0 spiro atoms. The van der Waals surface area contributed by atoms with Crippen LogP contribution in [0.5, 0.6) is 0 Å². The number of Topliss-reactive ketones (excluding diaryl/α,β-unsaturated/α-hetero) is 1. The molecule has 5 nitrogen and oxygen atoms in total. The lowest BCUT2D eigenvalue weighted by atomic mass is 9.88. The molecule has 1 aliphatic heterocycles. The quantitative estimate of drug-likeness (QED) is 0.850. The number of benzene rings is 2. The topological polar surface area (TPSA) is 58.6 Å². The van der Waals surface area contributed by atoms with Crippen molar-refractivity contribution in [3.8, 4) is 0 Å². The van der Waals surface area contributed by atoms with E-state index in [1.807, 2.05) is 42.2 Å². The minimum absolute atomic E-state index is 0.190. The summed E-state index contributed by atoms with van der Waals surface area (Å²) in [5.74, 6) is -0.628. The summed E-state index contributed by atoms with van der Waals surface area (Å²) in [6.45, 7) is 7.58. The van der Waals surface area contributed by atoms with Crippen molar-refractivity contribution in [3.63, 3.8) is 0 Å². The van der Waals surface area contributed by atoms with Crippen molar-refractivity contribution in [1.29, 1.82) is 0 Å². The Morgan fingerprint density at radius 1 is 1.21 bits per heavy atom. The van der Waals surface area contributed by atoms with Crippen molar-refractivity contribution in [3.05, 3.63) is 71.0 Å². The standard InChI is InChI=1S/C22H25FN2O3/c1-14(24-21(27)28-22(2,3)4)25-13-16-10-11-17(23)12-18(16)20(26)19(25)15-8-6-5-7-9-15/h5-12,14,19H,13H2,1-4H3,(H,24,27)/t14-,19?/m0/s1. The number of ketones is 1. The van der Waals surface area contributed by atoms with Gasteiger partial charge in [-0.15, -0.1) is 0 Å². The molecule has 1 N–H and O–H groups in total. The highest BCUT2D eigenvalue weighted by Gasteiger charge is 2.38. The van der Waals surface area contributed by atoms with Gasteiger partial charge in [-0.3, -0.25) is 9.69 Å². The average Bonchev–Trinajstić information content (AvgIpc) is 2.61. The highest BCUT2D eigenvalue weighted by Crippen LogP contribution is 2.34. The highest BCUT2D eigenvalue weighted by atomic mass is 19.1. The zero-order valence-corrected chi connectivity index (χ0v) is 16.5. The van der Waals surface area contributed by atoms with Crippen LogP contribution >= 0.6 is 0 Å². The molecule has 6 heteroatoms. The third-order valence-electron chi connectivity index (χ3n) is 4.61. The first-order valence-electron chi connectivity index (χ1n) is 9.28. The third-order valence-corrected chi connectivity index (χ3v) is 4.61. The van der Waals surface area contributed by atoms with Crippen molar-refractivity contribution in [2.75, 3.05) is 0 Å². The van der Waals surface area contributed by atoms with Crippen molar-refractivity contribution in [2.45, 2.75) is 52.0 Å². The predicted molar refractivity (Wildman–Crippen MR) is 104 cm³/mol. The average molecular weight is 384 g/mol. The van der Waals surface area contributed by atoms with Crippen molar-refractivity contribution < 1.29 is 18.7 Å². The van der Waals surface area contributed by atoms with Gasteiger partial charge in [0.1, 0.15) is 17.5 Å². The van der Waals surface area contributed by atoms with Crippen LogP contribution in [0.2, 0.25) is 0 Å². The molecule has 0 saturated heterocycles. The van der Waals surface area contributed by atoms with E-state index in [0.29, 0.717) is 12.1 Å². The molecule has 28 heavy (non-hydrogen) atoms. The number of halogens is 1. The number of amides is 1. The van der Waals surface area contributed by atoms with Crippen LogP contribution in [0.25, 0.3) is 0 Å². The van der Waals surface area contributed by atoms with Crippen LogP contribution < -0.4 is 5.32 Å². The van der Waals surface area contributed by atoms with E-state index in [2.05, 4.69) is 5.32 Å². The first-order chi connectivity index (χ1) is 13.2. The van der Waals surface area contributed by atoms with E-state index in [0.717, 1.165) is 11.1 Å². The second-order valence-electron chi connectivity index (χ2n) is 7.97. The molecule has 2 aromatic carbocycles. The van der Waals surface area contributed by atoms with Gasteiger partial charge < -0.3 is 10.1 Å². The van der Waals surface area contributed by atoms with Gasteiger partial charge in [-0.2, -0.15) is 0 Å². The van der Waals surface area contributed by atoms with E-state index in [1.165, 1.54) is 12.1 Å². The molecule has 1 amide bonds. The number of carbonyl (C=O) groups is 2. The molecule has 0 aliphatic carbocycles. The van der Waals surface area contributed by atoms with Crippen LogP contribution in [-0.2, 0) is 11.3 Å². The highest BCUT2D eigenvalue weighted by molar-refractivity contribution is 6.02. The Kier molecular flexibility index (Phi) is 5.52. The van der Waals surface area contributed by atoms with Crippen LogP contribution in [-0.4, -0.2) is 28.5 Å². The third kappa shape index (κ3) is 4.39. The van der Waals surface area contributed by atoms with E-state index in [-0.39, 0.29) is 5.78 Å². The molecule has 0 saturated carbocycles. The van der Waals surface area contributed by atoms with Gasteiger partial charge in [0.25, 0.3) is 0 Å². The summed E-state index contributed by atoms with van der Waals surface area (Å²) in [6.07, 6.45) is -1.02. The van der Waals surface area contributed by atoms with E-state index < -0.39 is 29.7 Å². The molecule has 1 aliphatic rings. The van der Waals surface area contributed by atoms with Crippen molar-refractivity contribution in [2.24, 2.45) is 0 Å². The lowest BCUT2D eigenvalue weighted by Gasteiger charge is -2.40. The first-order valence-corrected chi connectivity index (χ1v) is 9.28. The van der Waals surface area contributed by atoms with Gasteiger partial charge in [-0.05, 0) is 51.0 Å². The fraction of sp³-hybridized carbons (Fsp3) is 0.364. The Hall–Kier alpha value is -2.73. The minimum atomic E-state index is -0.625. The number of carbonyl (C=O) groups excluding carboxylic acids is 2. The largest absolute Gasteiger partial charge is 0.444 e. The molecular weight excluding hydrogens is 359 g/mol. The van der Waals surface area contributed by atoms with Gasteiger partial charge in [-0.1, -0.05) is 36.4 Å². The number of fused-ring (bicyclic) bond motifs is 1. The number of alkyl carbamates (subject to hydrolysis) is 1. The normalized spacial score (nSPS) is 18.3. The number of hydrogen-bond donors (Lipinski definition) is 1. The minimum Gasteiger partial charge on any atom is -0.444 e. The lowest BCUT2D eigenvalue weighted by molar-refractivity contribution is 0.0332. The first kappa shape index (κ1) is 20.0. The van der Waals surface area contributed by atoms with Gasteiger partial charge in [-0.25, -0.2) is 9.18 Å². The summed E-state index contributed by atoms with van der Waals surface area (Å²) in [4.78, 5) is 27.4. The molecule has 0 radical (unpaired) electrons. The monoisotopic (exact) mass is 384 g/mol. The van der Waals surface area contributed by atoms with E-state index in [9.17, 15) is 14.0 Å². The maximum absolute atomic E-state index is 13.7. The number of nitrogens with one attached hydrogen (secondary N) is 1. The molecular formula is C22H25FN2O3. The van der Waals surface area contributed by atoms with Crippen LogP contribution in [0.4, 0.5) is 9.18 Å². The van der Waals surface area contributed by atoms with E-state index in [4.69, 9.17) is 4.74 Å². The SMILES string of the molecule is C[C@@H](NC(=O)OC(C)(C)C)N1Cc2ccc(F)cc2C(=O)C1c1ccccc1. The van der Waals surface area contributed by atoms with Gasteiger partial charge >= 0.3 is 6.09 Å². The van der Waals surface area contributed by atoms with Crippen LogP contribution in [0, 0.1) is 5.82 Å². The smallest absolute Gasteiger partial charge is 0.408 e. The molecule has 0 bridgehead atoms. The number of rotatable bonds is 3. The fourth-order valence-corrected chi connectivity index (χ4v) is 3.40. The van der Waals surface area contributed by atoms with E-state index in [1.54, 1.807) is 26.8 Å². The Bertz CT molecular complexity index is 877. The van der Waals surface area contributed by atoms with Crippen LogP contribution in [0.15, 0.2) is 48.5 Å². The molecule has 2 atom stereocenters. The van der Waals surface area contributed by atoms with Gasteiger partial charge in [0.15, 0.2) is 5.78 Å². The maximum Gasteiger partial charge on any atom is 0.408 e. The Morgan fingerprint density at radius 3 is 2.54 bits per heavy atom. The van der Waals surface area contributed by atoms with Crippen LogP contribution in [0.1, 0.15) is 55.2 Å². The maximum atomic E-state index is 13.7. The lowest BCUT2D eigenvalue weighted by Crippen LogP contribution is -2.52. The van der Waals surface area contributed by atoms with Gasteiger partial charge in [0, 0.05) is 12.1 Å². The summed E-state index contributed by atoms with van der Waals surface area (Å²) < 4.78 is 19.1. The molecule has 1 heterocycles. The Balaban J connectivity index is 1.94. The summed E-state index contributed by atoms with van der Waals surface area (Å²) in [5.41, 5.74) is 1.29. The van der Waals surface area contributed by atoms with Crippen molar-refractivity contribution >= 4 is 11.9 Å². The zero-order valence-electron chi connectivity index (χ0n) is 16.5.